The average Bonchev–Trinajstić information content (AvgIpc) is 3.72. The molecule has 0 amide bonds. The maximum Gasteiger partial charge on any atom is 0.136 e. The molecule has 0 saturated carbocycles. The lowest BCUT2D eigenvalue weighted by atomic mass is 9.67. The highest BCUT2D eigenvalue weighted by Gasteiger charge is 2.47. The third kappa shape index (κ3) is 4.11. The van der Waals surface area contributed by atoms with Crippen LogP contribution in [0, 0.1) is 0 Å². The first-order valence-electron chi connectivity index (χ1n) is 18.0. The summed E-state index contributed by atoms with van der Waals surface area (Å²) in [6.07, 6.45) is 0. The quantitative estimate of drug-likeness (QED) is 0.183. The molecule has 0 aliphatic heterocycles. The second kappa shape index (κ2) is 11.2. The highest BCUT2D eigenvalue weighted by Crippen LogP contribution is 2.59. The van der Waals surface area contributed by atoms with Crippen molar-refractivity contribution >= 4 is 43.5 Å². The predicted molar refractivity (Wildman–Crippen MR) is 217 cm³/mol. The van der Waals surface area contributed by atoms with Crippen LogP contribution in [-0.4, -0.2) is 0 Å². The lowest BCUT2D eigenvalue weighted by Gasteiger charge is -2.34. The minimum atomic E-state index is -0.540. The van der Waals surface area contributed by atoms with Crippen LogP contribution in [0.4, 0.5) is 0 Å². The van der Waals surface area contributed by atoms with Crippen molar-refractivity contribution in [2.75, 3.05) is 0 Å². The van der Waals surface area contributed by atoms with Gasteiger partial charge in [0.15, 0.2) is 0 Å². The molecule has 0 N–H and O–H groups in total. The zero-order valence-corrected chi connectivity index (χ0v) is 28.4. The van der Waals surface area contributed by atoms with Crippen LogP contribution < -0.4 is 0 Å². The van der Waals surface area contributed by atoms with Crippen molar-refractivity contribution in [3.05, 3.63) is 216 Å². The summed E-state index contributed by atoms with van der Waals surface area (Å²) in [6.45, 7) is 0. The molecule has 1 heteroatoms. The standard InChI is InChI=1S/C51H32O/c1-4-14-33(15-5-1)36-24-26-42-46(30-36)51(38-18-6-2-7-19-38,39-20-8-3-9-21-39)47-32-43(40-22-12-13-23-41(40)50(42)47)37-25-27-48-44(29-37)45-28-34-16-10-11-17-35(34)31-49(45)52-48/h1-32H. The number of hydrogen-bond acceptors (Lipinski definition) is 1. The van der Waals surface area contributed by atoms with E-state index in [1.54, 1.807) is 0 Å². The van der Waals surface area contributed by atoms with Gasteiger partial charge in [-0.05, 0) is 114 Å². The molecule has 0 fully saturated rings. The highest BCUT2D eigenvalue weighted by atomic mass is 16.3. The fraction of sp³-hybridized carbons (Fsp3) is 0.0196. The van der Waals surface area contributed by atoms with Crippen LogP contribution in [0.2, 0.25) is 0 Å². The fourth-order valence-corrected chi connectivity index (χ4v) is 9.02. The van der Waals surface area contributed by atoms with Gasteiger partial charge in [0, 0.05) is 10.8 Å². The van der Waals surface area contributed by atoms with Gasteiger partial charge in [0.05, 0.1) is 5.41 Å². The van der Waals surface area contributed by atoms with E-state index in [-0.39, 0.29) is 0 Å². The molecule has 1 aromatic heterocycles. The Labute approximate surface area is 302 Å². The van der Waals surface area contributed by atoms with E-state index in [1.807, 2.05) is 0 Å². The van der Waals surface area contributed by atoms with Gasteiger partial charge in [-0.15, -0.1) is 0 Å². The number of fused-ring (bicyclic) bond motifs is 9. The van der Waals surface area contributed by atoms with Gasteiger partial charge in [0.1, 0.15) is 11.2 Å². The minimum Gasteiger partial charge on any atom is -0.456 e. The fourth-order valence-electron chi connectivity index (χ4n) is 9.02. The van der Waals surface area contributed by atoms with E-state index in [0.717, 1.165) is 21.9 Å². The van der Waals surface area contributed by atoms with Crippen LogP contribution in [0.3, 0.4) is 0 Å². The molecule has 0 radical (unpaired) electrons. The van der Waals surface area contributed by atoms with E-state index in [1.165, 1.54) is 77.2 Å². The first-order chi connectivity index (χ1) is 25.8. The molecule has 9 aromatic carbocycles. The summed E-state index contributed by atoms with van der Waals surface area (Å²) in [5, 5.41) is 7.19. The molecule has 1 heterocycles. The minimum absolute atomic E-state index is 0.540. The lowest BCUT2D eigenvalue weighted by Crippen LogP contribution is -2.28. The van der Waals surface area contributed by atoms with Crippen LogP contribution in [0.1, 0.15) is 22.3 Å². The van der Waals surface area contributed by atoms with Crippen molar-refractivity contribution < 1.29 is 4.42 Å². The predicted octanol–water partition coefficient (Wildman–Crippen LogP) is 13.6. The molecular weight excluding hydrogens is 629 g/mol. The molecule has 0 atom stereocenters. The van der Waals surface area contributed by atoms with Crippen molar-refractivity contribution in [2.45, 2.75) is 5.41 Å². The van der Waals surface area contributed by atoms with Gasteiger partial charge in [-0.25, -0.2) is 0 Å². The smallest absolute Gasteiger partial charge is 0.136 e. The summed E-state index contributed by atoms with van der Waals surface area (Å²) >= 11 is 0. The Kier molecular flexibility index (Phi) is 6.23. The summed E-state index contributed by atoms with van der Waals surface area (Å²) in [4.78, 5) is 0. The van der Waals surface area contributed by atoms with Gasteiger partial charge in [0.25, 0.3) is 0 Å². The molecule has 52 heavy (non-hydrogen) atoms. The molecule has 242 valence electrons. The number of rotatable bonds is 4. The van der Waals surface area contributed by atoms with E-state index in [2.05, 4.69) is 194 Å². The van der Waals surface area contributed by atoms with Crippen molar-refractivity contribution in [1.29, 1.82) is 0 Å². The molecule has 10 aromatic rings. The summed E-state index contributed by atoms with van der Waals surface area (Å²) in [7, 11) is 0. The third-order valence-corrected chi connectivity index (χ3v) is 11.3. The summed E-state index contributed by atoms with van der Waals surface area (Å²) < 4.78 is 6.45. The molecular formula is C51H32O. The monoisotopic (exact) mass is 660 g/mol. The molecule has 1 nitrogen and oxygen atoms in total. The van der Waals surface area contributed by atoms with Crippen molar-refractivity contribution in [2.24, 2.45) is 0 Å². The molecule has 11 rings (SSSR count). The van der Waals surface area contributed by atoms with Crippen LogP contribution in [0.5, 0.6) is 0 Å². The zero-order valence-electron chi connectivity index (χ0n) is 28.4. The average molecular weight is 661 g/mol. The van der Waals surface area contributed by atoms with Gasteiger partial charge < -0.3 is 4.42 Å². The maximum atomic E-state index is 6.45. The third-order valence-electron chi connectivity index (χ3n) is 11.3. The van der Waals surface area contributed by atoms with Gasteiger partial charge >= 0.3 is 0 Å². The maximum absolute atomic E-state index is 6.45. The Balaban J connectivity index is 1.25. The zero-order chi connectivity index (χ0) is 34.2. The molecule has 1 aliphatic carbocycles. The molecule has 1 aliphatic rings. The first kappa shape index (κ1) is 29.1. The topological polar surface area (TPSA) is 13.1 Å². The highest BCUT2D eigenvalue weighted by molar-refractivity contribution is 6.14. The largest absolute Gasteiger partial charge is 0.456 e. The molecule has 0 spiro atoms. The normalized spacial score (nSPS) is 13.2. The van der Waals surface area contributed by atoms with Gasteiger partial charge in [0.2, 0.25) is 0 Å². The Morgan fingerprint density at radius 2 is 0.923 bits per heavy atom. The number of furan rings is 1. The Morgan fingerprint density at radius 3 is 1.65 bits per heavy atom. The van der Waals surface area contributed by atoms with Crippen molar-refractivity contribution in [3.63, 3.8) is 0 Å². The van der Waals surface area contributed by atoms with Crippen LogP contribution in [0.25, 0.3) is 76.9 Å². The summed E-state index contributed by atoms with van der Waals surface area (Å²) in [5.41, 5.74) is 13.9. The van der Waals surface area contributed by atoms with E-state index in [0.29, 0.717) is 0 Å². The van der Waals surface area contributed by atoms with Crippen LogP contribution in [-0.2, 0) is 5.41 Å². The van der Waals surface area contributed by atoms with Gasteiger partial charge in [-0.3, -0.25) is 0 Å². The van der Waals surface area contributed by atoms with E-state index >= 15 is 0 Å². The number of hydrogen-bond donors (Lipinski definition) is 0. The van der Waals surface area contributed by atoms with E-state index < -0.39 is 5.41 Å². The van der Waals surface area contributed by atoms with Crippen molar-refractivity contribution in [1.82, 2.24) is 0 Å². The molecule has 0 saturated heterocycles. The molecule has 0 unspecified atom stereocenters. The van der Waals surface area contributed by atoms with Crippen LogP contribution in [0.15, 0.2) is 199 Å². The molecule has 0 bridgehead atoms. The second-order valence-electron chi connectivity index (χ2n) is 14.0. The Hall–Kier alpha value is -6.70. The van der Waals surface area contributed by atoms with E-state index in [4.69, 9.17) is 4.42 Å². The first-order valence-corrected chi connectivity index (χ1v) is 18.0. The second-order valence-corrected chi connectivity index (χ2v) is 14.0. The Bertz CT molecular complexity index is 2950. The van der Waals surface area contributed by atoms with Crippen LogP contribution >= 0.6 is 0 Å². The summed E-state index contributed by atoms with van der Waals surface area (Å²) in [6, 6.07) is 71.3. The summed E-state index contributed by atoms with van der Waals surface area (Å²) in [5.74, 6) is 0. The van der Waals surface area contributed by atoms with Gasteiger partial charge in [-0.1, -0.05) is 158 Å². The SMILES string of the molecule is c1ccc(-c2ccc3c(c2)C(c2ccccc2)(c2ccccc2)c2cc(-c4ccc5oc6cc7ccccc7cc6c5c4)c4ccccc4c2-3)cc1. The lowest BCUT2D eigenvalue weighted by molar-refractivity contribution is 0.669. The van der Waals surface area contributed by atoms with Crippen molar-refractivity contribution in [3.8, 4) is 33.4 Å². The van der Waals surface area contributed by atoms with Gasteiger partial charge in [-0.2, -0.15) is 0 Å². The number of benzene rings is 9. The Morgan fingerprint density at radius 1 is 0.327 bits per heavy atom. The van der Waals surface area contributed by atoms with E-state index in [9.17, 15) is 0 Å².